The molecule has 1 N–H and O–H groups in total. The van der Waals surface area contributed by atoms with Crippen molar-refractivity contribution >= 4 is 17.4 Å². The van der Waals surface area contributed by atoms with Crippen LogP contribution >= 0.6 is 0 Å². The molecule has 1 saturated heterocycles. The number of hydrogen-bond donors (Lipinski definition) is 1. The van der Waals surface area contributed by atoms with Crippen LogP contribution in [0.5, 0.6) is 0 Å². The Balaban J connectivity index is 1.73. The average Bonchev–Trinajstić information content (AvgIpc) is 2.64. The highest BCUT2D eigenvalue weighted by molar-refractivity contribution is 5.97. The fourth-order valence-electron chi connectivity index (χ4n) is 3.06. The second-order valence-corrected chi connectivity index (χ2v) is 6.25. The summed E-state index contributed by atoms with van der Waals surface area (Å²) >= 11 is 0. The number of amides is 1. The molecule has 0 aromatic heterocycles. The van der Waals surface area contributed by atoms with E-state index in [9.17, 15) is 9.59 Å². The largest absolute Gasteiger partial charge is 0.368 e. The van der Waals surface area contributed by atoms with Crippen LogP contribution in [0.1, 0.15) is 17.3 Å². The maximum Gasteiger partial charge on any atom is 0.219 e. The molecule has 1 fully saturated rings. The molecule has 0 spiro atoms. The minimum atomic E-state index is -0.0901. The first-order chi connectivity index (χ1) is 12.1. The van der Waals surface area contributed by atoms with Crippen molar-refractivity contribution in [1.29, 1.82) is 0 Å². The summed E-state index contributed by atoms with van der Waals surface area (Å²) in [5.41, 5.74) is 1.70. The number of nitrogens with one attached hydrogen (secondary N) is 1. The van der Waals surface area contributed by atoms with Gasteiger partial charge >= 0.3 is 0 Å². The predicted octanol–water partition coefficient (Wildman–Crippen LogP) is 2.47. The molecule has 1 atom stereocenters. The third kappa shape index (κ3) is 4.45. The minimum Gasteiger partial charge on any atom is -0.368 e. The van der Waals surface area contributed by atoms with Crippen molar-refractivity contribution in [3.05, 3.63) is 66.2 Å². The maximum atomic E-state index is 12.6. The highest BCUT2D eigenvalue weighted by Gasteiger charge is 2.29. The zero-order chi connectivity index (χ0) is 17.6. The van der Waals surface area contributed by atoms with Crippen LogP contribution in [-0.2, 0) is 4.79 Å². The number of nitrogens with zero attached hydrogens (tertiary/aromatic N) is 2. The molecule has 2 aromatic rings. The Labute approximate surface area is 148 Å². The molecule has 5 heteroatoms. The van der Waals surface area contributed by atoms with Crippen LogP contribution in [0.25, 0.3) is 0 Å². The second-order valence-electron chi connectivity index (χ2n) is 6.25. The molecule has 1 unspecified atom stereocenters. The molecule has 0 bridgehead atoms. The summed E-state index contributed by atoms with van der Waals surface area (Å²) in [6, 6.07) is 19.2. The fourth-order valence-corrected chi connectivity index (χ4v) is 3.06. The lowest BCUT2D eigenvalue weighted by molar-refractivity contribution is -0.131. The molecular weight excluding hydrogens is 314 g/mol. The van der Waals surface area contributed by atoms with E-state index in [0.717, 1.165) is 11.3 Å². The van der Waals surface area contributed by atoms with Gasteiger partial charge in [-0.25, -0.2) is 0 Å². The van der Waals surface area contributed by atoms with Gasteiger partial charge in [0.15, 0.2) is 5.78 Å². The molecule has 1 aliphatic heterocycles. The van der Waals surface area contributed by atoms with E-state index in [2.05, 4.69) is 10.2 Å². The maximum absolute atomic E-state index is 12.6. The topological polar surface area (TPSA) is 52.7 Å². The lowest BCUT2D eigenvalue weighted by Crippen LogP contribution is -2.58. The first-order valence-electron chi connectivity index (χ1n) is 8.53. The van der Waals surface area contributed by atoms with Crippen molar-refractivity contribution in [1.82, 2.24) is 9.80 Å². The Bertz CT molecular complexity index is 718. The van der Waals surface area contributed by atoms with E-state index in [0.29, 0.717) is 26.2 Å². The third-order valence-corrected chi connectivity index (χ3v) is 4.49. The number of hydrogen-bond acceptors (Lipinski definition) is 4. The lowest BCUT2D eigenvalue weighted by Gasteiger charge is -2.41. The molecule has 0 radical (unpaired) electrons. The van der Waals surface area contributed by atoms with Crippen LogP contribution < -0.4 is 5.32 Å². The van der Waals surface area contributed by atoms with Gasteiger partial charge in [0.25, 0.3) is 0 Å². The number of carbonyl (C=O) groups is 2. The van der Waals surface area contributed by atoms with Crippen LogP contribution in [0.3, 0.4) is 0 Å². The Hall–Kier alpha value is -2.66. The highest BCUT2D eigenvalue weighted by atomic mass is 16.2. The van der Waals surface area contributed by atoms with Crippen LogP contribution in [0.4, 0.5) is 5.69 Å². The summed E-state index contributed by atoms with van der Waals surface area (Å²) in [6.07, 6.45) is -0.0901. The van der Waals surface area contributed by atoms with Gasteiger partial charge in [0.1, 0.15) is 0 Å². The molecule has 1 amide bonds. The number of anilines is 1. The van der Waals surface area contributed by atoms with Gasteiger partial charge < -0.3 is 10.2 Å². The first-order valence-corrected chi connectivity index (χ1v) is 8.53. The van der Waals surface area contributed by atoms with Crippen molar-refractivity contribution in [3.8, 4) is 0 Å². The molecular formula is C20H23N3O2. The molecule has 5 nitrogen and oxygen atoms in total. The molecule has 1 heterocycles. The van der Waals surface area contributed by atoms with Crippen molar-refractivity contribution in [2.24, 2.45) is 0 Å². The van der Waals surface area contributed by atoms with Crippen LogP contribution in [0.2, 0.25) is 0 Å². The summed E-state index contributed by atoms with van der Waals surface area (Å²) < 4.78 is 0. The van der Waals surface area contributed by atoms with Gasteiger partial charge in [0.2, 0.25) is 5.91 Å². The van der Waals surface area contributed by atoms with Gasteiger partial charge in [-0.1, -0.05) is 48.5 Å². The first kappa shape index (κ1) is 17.2. The second kappa shape index (κ2) is 7.94. The van der Waals surface area contributed by atoms with E-state index in [1.165, 1.54) is 0 Å². The molecule has 25 heavy (non-hydrogen) atoms. The summed E-state index contributed by atoms with van der Waals surface area (Å²) in [6.45, 7) is 3.80. The van der Waals surface area contributed by atoms with E-state index >= 15 is 0 Å². The van der Waals surface area contributed by atoms with Gasteiger partial charge in [0.05, 0.1) is 19.3 Å². The number of Topliss-reactive ketones (excluding diaryl/α,β-unsaturated/α-hetero) is 1. The minimum absolute atomic E-state index is 0.0638. The van der Waals surface area contributed by atoms with Crippen LogP contribution in [-0.4, -0.2) is 53.8 Å². The summed E-state index contributed by atoms with van der Waals surface area (Å²) in [4.78, 5) is 28.3. The fraction of sp³-hybridized carbons (Fsp3) is 0.300. The lowest BCUT2D eigenvalue weighted by atomic mass is 10.1. The number of piperazine rings is 1. The quantitative estimate of drug-likeness (QED) is 0.852. The van der Waals surface area contributed by atoms with Gasteiger partial charge in [-0.05, 0) is 12.1 Å². The predicted molar refractivity (Wildman–Crippen MR) is 98.5 cm³/mol. The molecule has 3 rings (SSSR count). The van der Waals surface area contributed by atoms with E-state index < -0.39 is 0 Å². The number of ketones is 1. The molecule has 1 aliphatic rings. The Kier molecular flexibility index (Phi) is 5.46. The summed E-state index contributed by atoms with van der Waals surface area (Å²) in [5.74, 6) is 0.158. The van der Waals surface area contributed by atoms with E-state index in [1.54, 1.807) is 6.92 Å². The molecule has 0 aliphatic carbocycles. The van der Waals surface area contributed by atoms with Crippen molar-refractivity contribution in [2.75, 3.05) is 31.5 Å². The van der Waals surface area contributed by atoms with Crippen LogP contribution in [0, 0.1) is 0 Å². The molecule has 130 valence electrons. The van der Waals surface area contributed by atoms with Gasteiger partial charge in [-0.15, -0.1) is 0 Å². The summed E-state index contributed by atoms with van der Waals surface area (Å²) in [7, 11) is 0. The normalized spacial score (nSPS) is 18.0. The molecule has 2 aromatic carbocycles. The molecule has 0 saturated carbocycles. The number of rotatable bonds is 5. The van der Waals surface area contributed by atoms with Gasteiger partial charge in [-0.2, -0.15) is 0 Å². The Morgan fingerprint density at radius 1 is 1.00 bits per heavy atom. The SMILES string of the molecule is CC(=O)N1CCN(CC(=O)c2ccccc2)C(Nc2ccccc2)C1. The Morgan fingerprint density at radius 3 is 2.28 bits per heavy atom. The number of carbonyl (C=O) groups excluding carboxylic acids is 2. The van der Waals surface area contributed by atoms with Crippen LogP contribution in [0.15, 0.2) is 60.7 Å². The standard InChI is InChI=1S/C20H23N3O2/c1-16(24)22-12-13-23(14-19(25)17-8-4-2-5-9-17)20(15-22)21-18-10-6-3-7-11-18/h2-11,20-21H,12-15H2,1H3. The number of benzene rings is 2. The number of para-hydroxylation sites is 1. The monoisotopic (exact) mass is 337 g/mol. The zero-order valence-corrected chi connectivity index (χ0v) is 14.4. The van der Waals surface area contributed by atoms with E-state index in [4.69, 9.17) is 0 Å². The van der Waals surface area contributed by atoms with E-state index in [1.807, 2.05) is 65.6 Å². The summed E-state index contributed by atoms with van der Waals surface area (Å²) in [5, 5.41) is 3.45. The third-order valence-electron chi connectivity index (χ3n) is 4.49. The van der Waals surface area contributed by atoms with Crippen molar-refractivity contribution < 1.29 is 9.59 Å². The van der Waals surface area contributed by atoms with Gasteiger partial charge in [-0.3, -0.25) is 14.5 Å². The zero-order valence-electron chi connectivity index (χ0n) is 14.4. The van der Waals surface area contributed by atoms with Gasteiger partial charge in [0, 0.05) is 31.3 Å². The van der Waals surface area contributed by atoms with Crippen molar-refractivity contribution in [3.63, 3.8) is 0 Å². The highest BCUT2D eigenvalue weighted by Crippen LogP contribution is 2.15. The van der Waals surface area contributed by atoms with Crippen molar-refractivity contribution in [2.45, 2.75) is 13.1 Å². The Morgan fingerprint density at radius 2 is 1.64 bits per heavy atom. The smallest absolute Gasteiger partial charge is 0.219 e. The van der Waals surface area contributed by atoms with E-state index in [-0.39, 0.29) is 17.9 Å². The average molecular weight is 337 g/mol.